The maximum Gasteiger partial charge on any atom is 0.264 e. The summed E-state index contributed by atoms with van der Waals surface area (Å²) in [6.45, 7) is 6.62. The average molecular weight is 529 g/mol. The molecule has 3 aromatic carbocycles. The highest BCUT2D eigenvalue weighted by Crippen LogP contribution is 2.39. The zero-order chi connectivity index (χ0) is 25.9. The smallest absolute Gasteiger partial charge is 0.264 e. The van der Waals surface area contributed by atoms with Gasteiger partial charge in [-0.2, -0.15) is 0 Å². The summed E-state index contributed by atoms with van der Waals surface area (Å²) < 4.78 is 39.8. The molecule has 4 rings (SSSR count). The van der Waals surface area contributed by atoms with E-state index in [2.05, 4.69) is 26.1 Å². The normalized spacial score (nSPS) is 15.6. The molecule has 1 atom stereocenters. The number of rotatable bonds is 7. The van der Waals surface area contributed by atoms with Crippen LogP contribution in [-0.2, 0) is 20.2 Å². The second-order valence-electron chi connectivity index (χ2n) is 9.45. The molecule has 1 aliphatic rings. The van der Waals surface area contributed by atoms with Crippen LogP contribution in [0, 0.1) is 0 Å². The molecule has 9 heteroatoms. The molecule has 0 fully saturated rings. The molecule has 1 unspecified atom stereocenters. The Morgan fingerprint density at radius 3 is 2.50 bits per heavy atom. The molecule has 1 amide bonds. The number of benzene rings is 3. The lowest BCUT2D eigenvalue weighted by Crippen LogP contribution is -2.51. The molecule has 36 heavy (non-hydrogen) atoms. The Bertz CT molecular complexity index is 1340. The largest absolute Gasteiger partial charge is 0.491 e. The number of para-hydroxylation sites is 1. The Morgan fingerprint density at radius 2 is 1.78 bits per heavy atom. The fourth-order valence-electron chi connectivity index (χ4n) is 3.97. The minimum atomic E-state index is -3.95. The fraction of sp³-hybridized carbons (Fsp3) is 0.296. The van der Waals surface area contributed by atoms with E-state index in [-0.39, 0.29) is 41.4 Å². The van der Waals surface area contributed by atoms with Crippen LogP contribution in [-0.4, -0.2) is 40.1 Å². The first-order valence-corrected chi connectivity index (χ1v) is 13.4. The van der Waals surface area contributed by atoms with E-state index in [0.29, 0.717) is 5.02 Å². The summed E-state index contributed by atoms with van der Waals surface area (Å²) in [6.07, 6.45) is -1.04. The molecule has 3 aromatic rings. The summed E-state index contributed by atoms with van der Waals surface area (Å²) in [7, 11) is -3.95. The van der Waals surface area contributed by atoms with E-state index < -0.39 is 22.0 Å². The number of fused-ring (bicyclic) bond motifs is 1. The number of amides is 1. The average Bonchev–Trinajstić information content (AvgIpc) is 2.86. The Hall–Kier alpha value is -3.23. The van der Waals surface area contributed by atoms with Crippen LogP contribution >= 0.6 is 11.6 Å². The van der Waals surface area contributed by atoms with Crippen LogP contribution in [0.1, 0.15) is 26.3 Å². The van der Waals surface area contributed by atoms with Gasteiger partial charge in [0.25, 0.3) is 15.9 Å². The molecule has 0 saturated heterocycles. The Kier molecular flexibility index (Phi) is 7.47. The van der Waals surface area contributed by atoms with Gasteiger partial charge in [-0.1, -0.05) is 68.8 Å². The number of sulfonamides is 1. The van der Waals surface area contributed by atoms with Gasteiger partial charge in [-0.05, 0) is 47.4 Å². The first kappa shape index (κ1) is 25.9. The molecule has 0 radical (unpaired) electrons. The van der Waals surface area contributed by atoms with Gasteiger partial charge in [-0.15, -0.1) is 0 Å². The molecule has 0 aliphatic carbocycles. The first-order valence-electron chi connectivity index (χ1n) is 11.6. The van der Waals surface area contributed by atoms with Crippen molar-refractivity contribution in [2.75, 3.05) is 24.0 Å². The second-order valence-corrected chi connectivity index (χ2v) is 11.8. The summed E-state index contributed by atoms with van der Waals surface area (Å²) in [5.74, 6) is 0.594. The Labute approximate surface area is 217 Å². The predicted molar refractivity (Wildman–Crippen MR) is 140 cm³/mol. The van der Waals surface area contributed by atoms with Gasteiger partial charge in [0.05, 0.1) is 23.7 Å². The van der Waals surface area contributed by atoms with Crippen LogP contribution in [0.3, 0.4) is 0 Å². The highest BCUT2D eigenvalue weighted by molar-refractivity contribution is 7.92. The molecule has 1 aliphatic heterocycles. The minimum Gasteiger partial charge on any atom is -0.491 e. The van der Waals surface area contributed by atoms with Crippen molar-refractivity contribution in [3.63, 3.8) is 0 Å². The van der Waals surface area contributed by atoms with Gasteiger partial charge >= 0.3 is 0 Å². The molecule has 0 saturated carbocycles. The van der Waals surface area contributed by atoms with Gasteiger partial charge < -0.3 is 14.8 Å². The molecule has 0 aromatic heterocycles. The van der Waals surface area contributed by atoms with Crippen molar-refractivity contribution in [2.45, 2.75) is 37.2 Å². The number of carbonyl (C=O) groups is 1. The lowest BCUT2D eigenvalue weighted by molar-refractivity contribution is -0.127. The fourth-order valence-corrected chi connectivity index (χ4v) is 5.62. The number of nitrogens with one attached hydrogen (secondary N) is 1. The molecule has 0 spiro atoms. The van der Waals surface area contributed by atoms with Crippen molar-refractivity contribution in [3.8, 4) is 11.5 Å². The van der Waals surface area contributed by atoms with E-state index >= 15 is 0 Å². The molecule has 7 nitrogen and oxygen atoms in total. The van der Waals surface area contributed by atoms with Crippen LogP contribution in [0.25, 0.3) is 0 Å². The lowest BCUT2D eigenvalue weighted by atomic mass is 9.86. The van der Waals surface area contributed by atoms with Gasteiger partial charge in [0.15, 0.2) is 6.10 Å². The number of halogens is 1. The summed E-state index contributed by atoms with van der Waals surface area (Å²) in [5.41, 5.74) is 1.28. The number of hydrogen-bond donors (Lipinski definition) is 1. The van der Waals surface area contributed by atoms with Crippen LogP contribution in [0.15, 0.2) is 77.7 Å². The maximum atomic E-state index is 13.4. The van der Waals surface area contributed by atoms with E-state index in [0.717, 1.165) is 11.3 Å². The van der Waals surface area contributed by atoms with Crippen molar-refractivity contribution in [1.29, 1.82) is 0 Å². The topological polar surface area (TPSA) is 84.9 Å². The van der Waals surface area contributed by atoms with Gasteiger partial charge in [-0.25, -0.2) is 8.42 Å². The summed E-state index contributed by atoms with van der Waals surface area (Å²) in [6, 6.07) is 20.5. The number of carbonyl (C=O) groups excluding carboxylic acids is 1. The SMILES string of the molecule is CC(C)(C)c1ccccc1OCCNC(=O)C1CN(S(=O)(=O)c2ccccc2)c2cc(Cl)ccc2O1. The van der Waals surface area contributed by atoms with Crippen molar-refractivity contribution < 1.29 is 22.7 Å². The molecule has 1 N–H and O–H groups in total. The Balaban J connectivity index is 1.47. The van der Waals surface area contributed by atoms with Crippen LogP contribution in [0.5, 0.6) is 11.5 Å². The third-order valence-corrected chi connectivity index (χ3v) is 7.80. The summed E-state index contributed by atoms with van der Waals surface area (Å²) in [5, 5.41) is 3.16. The highest BCUT2D eigenvalue weighted by Gasteiger charge is 2.37. The van der Waals surface area contributed by atoms with Crippen LogP contribution < -0.4 is 19.1 Å². The van der Waals surface area contributed by atoms with Crippen molar-refractivity contribution in [3.05, 3.63) is 83.4 Å². The lowest BCUT2D eigenvalue weighted by Gasteiger charge is -2.34. The minimum absolute atomic E-state index is 0.0836. The zero-order valence-electron chi connectivity index (χ0n) is 20.4. The van der Waals surface area contributed by atoms with Crippen LogP contribution in [0.2, 0.25) is 5.02 Å². The van der Waals surface area contributed by atoms with Crippen molar-refractivity contribution >= 4 is 33.2 Å². The summed E-state index contributed by atoms with van der Waals surface area (Å²) in [4.78, 5) is 13.1. The first-order chi connectivity index (χ1) is 17.1. The third kappa shape index (κ3) is 5.60. The van der Waals surface area contributed by atoms with Gasteiger partial charge in [0.2, 0.25) is 0 Å². The highest BCUT2D eigenvalue weighted by atomic mass is 35.5. The molecule has 0 bridgehead atoms. The third-order valence-electron chi connectivity index (χ3n) is 5.77. The van der Waals surface area contributed by atoms with E-state index in [1.165, 1.54) is 22.5 Å². The molecular weight excluding hydrogens is 500 g/mol. The van der Waals surface area contributed by atoms with Crippen molar-refractivity contribution in [2.24, 2.45) is 0 Å². The van der Waals surface area contributed by atoms with Crippen LogP contribution in [0.4, 0.5) is 5.69 Å². The van der Waals surface area contributed by atoms with E-state index in [4.69, 9.17) is 21.1 Å². The van der Waals surface area contributed by atoms with Gasteiger partial charge in [-0.3, -0.25) is 9.10 Å². The summed E-state index contributed by atoms with van der Waals surface area (Å²) >= 11 is 6.14. The number of anilines is 1. The monoisotopic (exact) mass is 528 g/mol. The molecule has 190 valence electrons. The zero-order valence-corrected chi connectivity index (χ0v) is 22.0. The van der Waals surface area contributed by atoms with Crippen molar-refractivity contribution in [1.82, 2.24) is 5.32 Å². The second kappa shape index (κ2) is 10.4. The van der Waals surface area contributed by atoms with E-state index in [1.54, 1.807) is 30.3 Å². The molecule has 1 heterocycles. The quantitative estimate of drug-likeness (QED) is 0.446. The Morgan fingerprint density at radius 1 is 1.08 bits per heavy atom. The number of hydrogen-bond acceptors (Lipinski definition) is 5. The van der Waals surface area contributed by atoms with Gasteiger partial charge in [0, 0.05) is 5.02 Å². The number of nitrogens with zero attached hydrogens (tertiary/aromatic N) is 1. The van der Waals surface area contributed by atoms with E-state index in [9.17, 15) is 13.2 Å². The maximum absolute atomic E-state index is 13.4. The molecular formula is C27H29ClN2O5S. The van der Waals surface area contributed by atoms with Gasteiger partial charge in [0.1, 0.15) is 18.1 Å². The number of ether oxygens (including phenoxy) is 2. The van der Waals surface area contributed by atoms with E-state index in [1.807, 2.05) is 24.3 Å². The standard InChI is InChI=1S/C27H29ClN2O5S/c1-27(2,3)21-11-7-8-12-23(21)34-16-15-29-26(31)25-18-30(22-17-19(28)13-14-24(22)35-25)36(32,33)20-9-5-4-6-10-20/h4-14,17,25H,15-16,18H2,1-3H3,(H,29,31). The predicted octanol–water partition coefficient (Wildman–Crippen LogP) is 4.79.